The highest BCUT2D eigenvalue weighted by molar-refractivity contribution is 9.10. The Bertz CT molecular complexity index is 361. The van der Waals surface area contributed by atoms with Crippen LogP contribution in [-0.4, -0.2) is 29.0 Å². The third-order valence-electron chi connectivity index (χ3n) is 3.06. The van der Waals surface area contributed by atoms with Crippen LogP contribution in [-0.2, 0) is 17.7 Å². The second kappa shape index (κ2) is 6.52. The molecule has 4 nitrogen and oxygen atoms in total. The molecule has 2 unspecified atom stereocenters. The highest BCUT2D eigenvalue weighted by atomic mass is 79.9. The number of rotatable bonds is 6. The van der Waals surface area contributed by atoms with Crippen LogP contribution in [0.4, 0.5) is 0 Å². The van der Waals surface area contributed by atoms with Gasteiger partial charge in [-0.2, -0.15) is 5.10 Å². The first-order valence-corrected chi connectivity index (χ1v) is 6.84. The van der Waals surface area contributed by atoms with Crippen LogP contribution in [0.2, 0.25) is 0 Å². The molecule has 0 amide bonds. The van der Waals surface area contributed by atoms with Crippen LogP contribution in [0.3, 0.4) is 0 Å². The van der Waals surface area contributed by atoms with Crippen molar-refractivity contribution in [3.63, 3.8) is 0 Å². The Balaban J connectivity index is 2.86. The van der Waals surface area contributed by atoms with E-state index < -0.39 is 0 Å². The Labute approximate surface area is 112 Å². The summed E-state index contributed by atoms with van der Waals surface area (Å²) in [4.78, 5) is 0. The van der Waals surface area contributed by atoms with Crippen molar-refractivity contribution in [3.05, 3.63) is 15.9 Å². The smallest absolute Gasteiger partial charge is 0.0738 e. The predicted octanol–water partition coefficient (Wildman–Crippen LogP) is 2.27. The number of aromatic nitrogens is 2. The topological polar surface area (TPSA) is 53.1 Å². The Kier molecular flexibility index (Phi) is 5.62. The number of methoxy groups -OCH3 is 1. The maximum absolute atomic E-state index is 6.19. The van der Waals surface area contributed by atoms with Gasteiger partial charge in [-0.3, -0.25) is 4.68 Å². The largest absolute Gasteiger partial charge is 0.380 e. The van der Waals surface area contributed by atoms with E-state index in [1.54, 1.807) is 7.11 Å². The molecule has 1 rings (SSSR count). The third-order valence-corrected chi connectivity index (χ3v) is 4.10. The minimum atomic E-state index is 0.00250. The molecule has 1 heterocycles. The molecule has 0 fully saturated rings. The average Bonchev–Trinajstić information content (AvgIpc) is 2.58. The molecule has 98 valence electrons. The van der Waals surface area contributed by atoms with Gasteiger partial charge in [-0.25, -0.2) is 0 Å². The Morgan fingerprint density at radius 3 is 2.59 bits per heavy atom. The maximum Gasteiger partial charge on any atom is 0.0738 e. The highest BCUT2D eigenvalue weighted by Crippen LogP contribution is 2.23. The van der Waals surface area contributed by atoms with Crippen LogP contribution in [0.1, 0.15) is 31.7 Å². The number of ether oxygens (including phenoxy) is 1. The fourth-order valence-electron chi connectivity index (χ4n) is 2.06. The van der Waals surface area contributed by atoms with Crippen molar-refractivity contribution in [2.24, 2.45) is 5.73 Å². The summed E-state index contributed by atoms with van der Waals surface area (Å²) in [5.74, 6) is 0. The second-order valence-electron chi connectivity index (χ2n) is 4.21. The number of hydrogen-bond acceptors (Lipinski definition) is 3. The van der Waals surface area contributed by atoms with Crippen LogP contribution in [0.15, 0.2) is 4.47 Å². The summed E-state index contributed by atoms with van der Waals surface area (Å²) in [6, 6.07) is 0.00250. The van der Waals surface area contributed by atoms with Crippen molar-refractivity contribution in [1.29, 1.82) is 0 Å². The number of aryl methyl sites for hydroxylation is 2. The lowest BCUT2D eigenvalue weighted by Gasteiger charge is -2.21. The average molecular weight is 304 g/mol. The minimum absolute atomic E-state index is 0.00250. The molecule has 0 aliphatic carbocycles. The van der Waals surface area contributed by atoms with Crippen molar-refractivity contribution in [2.45, 2.75) is 52.3 Å². The molecule has 0 aliphatic rings. The molecule has 0 saturated heterocycles. The van der Waals surface area contributed by atoms with Crippen molar-refractivity contribution >= 4 is 15.9 Å². The van der Waals surface area contributed by atoms with Crippen molar-refractivity contribution in [1.82, 2.24) is 9.78 Å². The zero-order valence-electron chi connectivity index (χ0n) is 11.0. The van der Waals surface area contributed by atoms with Gasteiger partial charge in [-0.05, 0) is 36.2 Å². The third kappa shape index (κ3) is 3.30. The molecular formula is C12H22BrN3O. The molecule has 0 aliphatic heterocycles. The monoisotopic (exact) mass is 303 g/mol. The van der Waals surface area contributed by atoms with Gasteiger partial charge >= 0.3 is 0 Å². The van der Waals surface area contributed by atoms with Crippen LogP contribution in [0, 0.1) is 6.92 Å². The van der Waals surface area contributed by atoms with Crippen LogP contribution < -0.4 is 5.73 Å². The SMILES string of the molecule is CCC(OC)C(N)Cc1c(Br)c(C)nn1CC. The molecule has 5 heteroatoms. The molecule has 0 bridgehead atoms. The fourth-order valence-corrected chi connectivity index (χ4v) is 2.51. The van der Waals surface area contributed by atoms with E-state index >= 15 is 0 Å². The highest BCUT2D eigenvalue weighted by Gasteiger charge is 2.20. The lowest BCUT2D eigenvalue weighted by Crippen LogP contribution is -2.38. The standard InChI is InChI=1S/C12H22BrN3O/c1-5-11(17-4)9(14)7-10-12(13)8(3)15-16(10)6-2/h9,11H,5-7,14H2,1-4H3. The minimum Gasteiger partial charge on any atom is -0.380 e. The van der Waals surface area contributed by atoms with E-state index in [2.05, 4.69) is 34.9 Å². The molecular weight excluding hydrogens is 282 g/mol. The Morgan fingerprint density at radius 1 is 1.47 bits per heavy atom. The quantitative estimate of drug-likeness (QED) is 0.877. The van der Waals surface area contributed by atoms with Gasteiger partial charge in [-0.15, -0.1) is 0 Å². The molecule has 0 radical (unpaired) electrons. The van der Waals surface area contributed by atoms with Gasteiger partial charge < -0.3 is 10.5 Å². The van der Waals surface area contributed by atoms with Crippen LogP contribution in [0.25, 0.3) is 0 Å². The van der Waals surface area contributed by atoms with Gasteiger partial charge in [0.2, 0.25) is 0 Å². The van der Waals surface area contributed by atoms with E-state index in [-0.39, 0.29) is 12.1 Å². The normalized spacial score (nSPS) is 14.9. The fraction of sp³-hybridized carbons (Fsp3) is 0.750. The number of nitrogens with two attached hydrogens (primary N) is 1. The second-order valence-corrected chi connectivity index (χ2v) is 5.01. The molecule has 1 aromatic heterocycles. The summed E-state index contributed by atoms with van der Waals surface area (Å²) in [6.45, 7) is 7.03. The van der Waals surface area contributed by atoms with Crippen LogP contribution >= 0.6 is 15.9 Å². The van der Waals surface area contributed by atoms with Gasteiger partial charge in [-0.1, -0.05) is 6.92 Å². The summed E-state index contributed by atoms with van der Waals surface area (Å²) < 4.78 is 8.46. The first-order valence-electron chi connectivity index (χ1n) is 6.05. The van der Waals surface area contributed by atoms with E-state index in [9.17, 15) is 0 Å². The van der Waals surface area contributed by atoms with E-state index in [1.807, 2.05) is 11.6 Å². The molecule has 2 atom stereocenters. The van der Waals surface area contributed by atoms with Crippen molar-refractivity contribution < 1.29 is 4.74 Å². The van der Waals surface area contributed by atoms with Crippen molar-refractivity contribution in [2.75, 3.05) is 7.11 Å². The van der Waals surface area contributed by atoms with Gasteiger partial charge in [0, 0.05) is 26.1 Å². The maximum atomic E-state index is 6.19. The number of halogens is 1. The summed E-state index contributed by atoms with van der Waals surface area (Å²) >= 11 is 3.58. The first kappa shape index (κ1) is 14.7. The molecule has 2 N–H and O–H groups in total. The number of hydrogen-bond donors (Lipinski definition) is 1. The Morgan fingerprint density at radius 2 is 2.12 bits per heavy atom. The van der Waals surface area contributed by atoms with E-state index in [0.29, 0.717) is 0 Å². The summed E-state index contributed by atoms with van der Waals surface area (Å²) in [6.07, 6.45) is 1.80. The van der Waals surface area contributed by atoms with Gasteiger partial charge in [0.15, 0.2) is 0 Å². The zero-order valence-corrected chi connectivity index (χ0v) is 12.6. The Hall–Kier alpha value is -0.390. The van der Waals surface area contributed by atoms with Gasteiger partial charge in [0.1, 0.15) is 0 Å². The van der Waals surface area contributed by atoms with E-state index in [4.69, 9.17) is 10.5 Å². The van der Waals surface area contributed by atoms with Gasteiger partial charge in [0.05, 0.1) is 22.0 Å². The van der Waals surface area contributed by atoms with Crippen molar-refractivity contribution in [3.8, 4) is 0 Å². The predicted molar refractivity (Wildman–Crippen MR) is 73.1 cm³/mol. The summed E-state index contributed by atoms with van der Waals surface area (Å²) in [7, 11) is 1.71. The zero-order chi connectivity index (χ0) is 13.0. The summed E-state index contributed by atoms with van der Waals surface area (Å²) in [5, 5.41) is 4.47. The summed E-state index contributed by atoms with van der Waals surface area (Å²) in [5.41, 5.74) is 8.36. The molecule has 1 aromatic rings. The molecule has 0 aromatic carbocycles. The van der Waals surface area contributed by atoms with Crippen LogP contribution in [0.5, 0.6) is 0 Å². The molecule has 0 spiro atoms. The molecule has 17 heavy (non-hydrogen) atoms. The number of nitrogens with zero attached hydrogens (tertiary/aromatic N) is 2. The van der Waals surface area contributed by atoms with E-state index in [0.717, 1.165) is 35.2 Å². The first-order chi connectivity index (χ1) is 8.04. The lowest BCUT2D eigenvalue weighted by atomic mass is 10.0. The van der Waals surface area contributed by atoms with E-state index in [1.165, 1.54) is 0 Å². The van der Waals surface area contributed by atoms with Gasteiger partial charge in [0.25, 0.3) is 0 Å². The lowest BCUT2D eigenvalue weighted by molar-refractivity contribution is 0.0767. The molecule has 0 saturated carbocycles.